The molecule has 3 heterocycles. The fourth-order valence-corrected chi connectivity index (χ4v) is 3.31. The highest BCUT2D eigenvalue weighted by atomic mass is 15.2. The number of rotatable bonds is 3. The van der Waals surface area contributed by atoms with Crippen LogP contribution in [0.25, 0.3) is 0 Å². The van der Waals surface area contributed by atoms with E-state index in [4.69, 9.17) is 11.5 Å². The molecule has 0 aliphatic carbocycles. The number of nitrogens with zero attached hydrogens (tertiary/aromatic N) is 4. The van der Waals surface area contributed by atoms with Gasteiger partial charge < -0.3 is 21.3 Å². The van der Waals surface area contributed by atoms with Crippen LogP contribution in [0, 0.1) is 5.92 Å². The number of hydrogen-bond acceptors (Lipinski definition) is 6. The summed E-state index contributed by atoms with van der Waals surface area (Å²) < 4.78 is 0. The number of anilines is 3. The van der Waals surface area contributed by atoms with E-state index in [-0.39, 0.29) is 5.95 Å². The lowest BCUT2D eigenvalue weighted by Gasteiger charge is -2.34. The molecule has 110 valence electrons. The molecule has 0 aromatic carbocycles. The second-order valence-electron chi connectivity index (χ2n) is 5.95. The summed E-state index contributed by atoms with van der Waals surface area (Å²) in [7, 11) is 0. The third-order valence-electron chi connectivity index (χ3n) is 4.40. The highest BCUT2D eigenvalue weighted by Crippen LogP contribution is 2.24. The molecule has 2 fully saturated rings. The topological polar surface area (TPSA) is 84.3 Å². The first-order valence-electron chi connectivity index (χ1n) is 7.58. The van der Waals surface area contributed by atoms with Crippen LogP contribution in [0.5, 0.6) is 0 Å². The van der Waals surface area contributed by atoms with E-state index in [1.165, 1.54) is 45.3 Å². The van der Waals surface area contributed by atoms with Crippen molar-refractivity contribution in [2.75, 3.05) is 49.1 Å². The Kier molecular flexibility index (Phi) is 3.91. The maximum absolute atomic E-state index is 5.74. The third-order valence-corrected chi connectivity index (χ3v) is 4.40. The monoisotopic (exact) mass is 276 g/mol. The fraction of sp³-hybridized carbons (Fsp3) is 0.714. The van der Waals surface area contributed by atoms with Crippen LogP contribution < -0.4 is 16.4 Å². The lowest BCUT2D eigenvalue weighted by molar-refractivity contribution is 0.249. The Hall–Kier alpha value is -1.56. The van der Waals surface area contributed by atoms with Gasteiger partial charge in [-0.25, -0.2) is 0 Å². The molecule has 0 radical (unpaired) electrons. The molecule has 2 saturated heterocycles. The van der Waals surface area contributed by atoms with Crippen molar-refractivity contribution in [3.63, 3.8) is 0 Å². The van der Waals surface area contributed by atoms with Gasteiger partial charge in [0.05, 0.1) is 0 Å². The molecule has 6 heteroatoms. The minimum absolute atomic E-state index is 0.263. The largest absolute Gasteiger partial charge is 0.383 e. The van der Waals surface area contributed by atoms with E-state index in [2.05, 4.69) is 19.8 Å². The first-order chi connectivity index (χ1) is 9.70. The molecule has 20 heavy (non-hydrogen) atoms. The zero-order valence-corrected chi connectivity index (χ0v) is 12.0. The minimum atomic E-state index is 0.263. The van der Waals surface area contributed by atoms with Gasteiger partial charge in [0.2, 0.25) is 5.95 Å². The van der Waals surface area contributed by atoms with Crippen molar-refractivity contribution in [1.29, 1.82) is 0 Å². The summed E-state index contributed by atoms with van der Waals surface area (Å²) in [6.07, 6.45) is 5.19. The Bertz CT molecular complexity index is 429. The third kappa shape index (κ3) is 3.12. The number of piperidine rings is 1. The first-order valence-corrected chi connectivity index (χ1v) is 7.58. The van der Waals surface area contributed by atoms with Gasteiger partial charge in [0, 0.05) is 25.7 Å². The van der Waals surface area contributed by atoms with Crippen LogP contribution in [-0.2, 0) is 0 Å². The summed E-state index contributed by atoms with van der Waals surface area (Å²) in [6, 6.07) is 1.82. The Labute approximate surface area is 120 Å². The molecule has 6 nitrogen and oxygen atoms in total. The van der Waals surface area contributed by atoms with Crippen LogP contribution in [0.15, 0.2) is 6.07 Å². The molecule has 4 N–H and O–H groups in total. The molecule has 0 spiro atoms. The first kappa shape index (κ1) is 13.4. The van der Waals surface area contributed by atoms with Crippen molar-refractivity contribution in [3.8, 4) is 0 Å². The molecule has 2 aliphatic rings. The van der Waals surface area contributed by atoms with Gasteiger partial charge in [-0.05, 0) is 44.7 Å². The molecule has 0 bridgehead atoms. The molecule has 2 aliphatic heterocycles. The predicted molar refractivity (Wildman–Crippen MR) is 81.5 cm³/mol. The number of hydrogen-bond donors (Lipinski definition) is 2. The van der Waals surface area contributed by atoms with E-state index in [0.29, 0.717) is 5.82 Å². The summed E-state index contributed by atoms with van der Waals surface area (Å²) in [5.41, 5.74) is 11.4. The number of aromatic nitrogens is 2. The van der Waals surface area contributed by atoms with Gasteiger partial charge in [0.25, 0.3) is 0 Å². The normalized spacial score (nSPS) is 21.5. The van der Waals surface area contributed by atoms with Crippen molar-refractivity contribution in [2.45, 2.75) is 25.7 Å². The Morgan fingerprint density at radius 1 is 1.05 bits per heavy atom. The fourth-order valence-electron chi connectivity index (χ4n) is 3.31. The second-order valence-corrected chi connectivity index (χ2v) is 5.95. The van der Waals surface area contributed by atoms with Gasteiger partial charge in [0.1, 0.15) is 11.6 Å². The Balaban J connectivity index is 1.55. The zero-order valence-electron chi connectivity index (χ0n) is 12.0. The highest BCUT2D eigenvalue weighted by Gasteiger charge is 2.23. The molecule has 3 rings (SSSR count). The van der Waals surface area contributed by atoms with Crippen LogP contribution in [0.1, 0.15) is 25.7 Å². The van der Waals surface area contributed by atoms with Crippen LogP contribution in [0.4, 0.5) is 17.6 Å². The standard InChI is InChI=1S/C14H24N6/c15-12-9-13(18-14(16)17-12)20-7-3-11(4-8-20)10-19-5-1-2-6-19/h9,11H,1-8,10H2,(H4,15,16,17,18). The van der Waals surface area contributed by atoms with Crippen molar-refractivity contribution < 1.29 is 0 Å². The van der Waals surface area contributed by atoms with Gasteiger partial charge in [-0.1, -0.05) is 0 Å². The summed E-state index contributed by atoms with van der Waals surface area (Å²) in [4.78, 5) is 13.1. The number of nitrogens with two attached hydrogens (primary N) is 2. The second kappa shape index (κ2) is 5.83. The number of likely N-dealkylation sites (tertiary alicyclic amines) is 1. The van der Waals surface area contributed by atoms with Gasteiger partial charge >= 0.3 is 0 Å². The molecular weight excluding hydrogens is 252 g/mol. The summed E-state index contributed by atoms with van der Waals surface area (Å²) in [6.45, 7) is 5.92. The average molecular weight is 276 g/mol. The van der Waals surface area contributed by atoms with Gasteiger partial charge in [0.15, 0.2) is 0 Å². The van der Waals surface area contributed by atoms with Crippen molar-refractivity contribution >= 4 is 17.6 Å². The maximum atomic E-state index is 5.74. The summed E-state index contributed by atoms with van der Waals surface area (Å²) in [5.74, 6) is 2.40. The quantitative estimate of drug-likeness (QED) is 0.855. The molecule has 0 saturated carbocycles. The molecule has 0 unspecified atom stereocenters. The predicted octanol–water partition coefficient (Wildman–Crippen LogP) is 0.953. The van der Waals surface area contributed by atoms with Crippen molar-refractivity contribution in [3.05, 3.63) is 6.07 Å². The Morgan fingerprint density at radius 3 is 2.40 bits per heavy atom. The summed E-state index contributed by atoms with van der Waals surface area (Å²) >= 11 is 0. The van der Waals surface area contributed by atoms with Crippen molar-refractivity contribution in [2.24, 2.45) is 5.92 Å². The van der Waals surface area contributed by atoms with Crippen molar-refractivity contribution in [1.82, 2.24) is 14.9 Å². The van der Waals surface area contributed by atoms with E-state index in [1.54, 1.807) is 0 Å². The molecular formula is C14H24N6. The zero-order chi connectivity index (χ0) is 13.9. The summed E-state index contributed by atoms with van der Waals surface area (Å²) in [5, 5.41) is 0. The van der Waals surface area contributed by atoms with Gasteiger partial charge in [-0.3, -0.25) is 0 Å². The molecule has 1 aromatic heterocycles. The van der Waals surface area contributed by atoms with Crippen LogP contribution in [0.2, 0.25) is 0 Å². The maximum Gasteiger partial charge on any atom is 0.223 e. The van der Waals surface area contributed by atoms with E-state index >= 15 is 0 Å². The van der Waals surface area contributed by atoms with E-state index < -0.39 is 0 Å². The smallest absolute Gasteiger partial charge is 0.223 e. The minimum Gasteiger partial charge on any atom is -0.383 e. The van der Waals surface area contributed by atoms with Gasteiger partial charge in [-0.15, -0.1) is 0 Å². The van der Waals surface area contributed by atoms with E-state index in [1.807, 2.05) is 6.07 Å². The van der Waals surface area contributed by atoms with Crippen LogP contribution >= 0.6 is 0 Å². The molecule has 0 atom stereocenters. The van der Waals surface area contributed by atoms with Gasteiger partial charge in [-0.2, -0.15) is 9.97 Å². The lowest BCUT2D eigenvalue weighted by atomic mass is 9.96. The SMILES string of the molecule is Nc1cc(N2CCC(CN3CCCC3)CC2)nc(N)n1. The molecule has 1 aromatic rings. The van der Waals surface area contributed by atoms with E-state index in [0.717, 1.165) is 24.8 Å². The van der Waals surface area contributed by atoms with Crippen LogP contribution in [0.3, 0.4) is 0 Å². The molecule has 0 amide bonds. The van der Waals surface area contributed by atoms with Crippen LogP contribution in [-0.4, -0.2) is 47.6 Å². The Morgan fingerprint density at radius 2 is 1.75 bits per heavy atom. The lowest BCUT2D eigenvalue weighted by Crippen LogP contribution is -2.38. The van der Waals surface area contributed by atoms with E-state index in [9.17, 15) is 0 Å². The average Bonchev–Trinajstić information content (AvgIpc) is 2.91. The number of nitrogen functional groups attached to an aromatic ring is 2. The highest BCUT2D eigenvalue weighted by molar-refractivity contribution is 5.50.